The van der Waals surface area contributed by atoms with Crippen LogP contribution >= 0.6 is 0 Å². The molecule has 4 N–H and O–H groups in total. The third kappa shape index (κ3) is 6.32. The number of amides is 3. The van der Waals surface area contributed by atoms with Crippen molar-refractivity contribution in [3.63, 3.8) is 0 Å². The number of ether oxygens (including phenoxy) is 2. The molecular formula is C28H43N5O5. The van der Waals surface area contributed by atoms with Gasteiger partial charge in [0.25, 0.3) is 5.91 Å². The van der Waals surface area contributed by atoms with Crippen LogP contribution in [0.1, 0.15) is 89.9 Å². The molecule has 0 spiro atoms. The molecule has 2 unspecified atom stereocenters. The van der Waals surface area contributed by atoms with Gasteiger partial charge in [0.15, 0.2) is 0 Å². The number of nitrogens with two attached hydrogens (primary N) is 1. The first-order chi connectivity index (χ1) is 17.9. The first-order valence-corrected chi connectivity index (χ1v) is 13.9. The number of nitrogens with one attached hydrogen (secondary N) is 2. The fourth-order valence-electron chi connectivity index (χ4n) is 6.70. The number of hydrogen-bond acceptors (Lipinski definition) is 6. The van der Waals surface area contributed by atoms with Gasteiger partial charge in [0.1, 0.15) is 11.2 Å². The maximum atomic E-state index is 13.6. The second-order valence-corrected chi connectivity index (χ2v) is 12.4. The van der Waals surface area contributed by atoms with Crippen LogP contribution < -0.4 is 21.1 Å². The predicted molar refractivity (Wildman–Crippen MR) is 143 cm³/mol. The van der Waals surface area contributed by atoms with Gasteiger partial charge in [-0.1, -0.05) is 20.8 Å². The molecule has 210 valence electrons. The summed E-state index contributed by atoms with van der Waals surface area (Å²) in [6.45, 7) is 10.3. The van der Waals surface area contributed by atoms with Gasteiger partial charge in [-0.2, -0.15) is 5.10 Å². The fraction of sp³-hybridized carbons (Fsp3) is 0.714. The minimum Gasteiger partial charge on any atom is -0.477 e. The second-order valence-electron chi connectivity index (χ2n) is 12.4. The Morgan fingerprint density at radius 2 is 1.92 bits per heavy atom. The third-order valence-electron chi connectivity index (χ3n) is 7.95. The van der Waals surface area contributed by atoms with Gasteiger partial charge in [0.2, 0.25) is 11.8 Å². The quantitative estimate of drug-likeness (QED) is 0.398. The van der Waals surface area contributed by atoms with Crippen molar-refractivity contribution in [3.05, 3.63) is 17.8 Å². The summed E-state index contributed by atoms with van der Waals surface area (Å²) in [5, 5.41) is 10.7. The molecule has 1 heterocycles. The van der Waals surface area contributed by atoms with Gasteiger partial charge in [-0.05, 0) is 82.1 Å². The van der Waals surface area contributed by atoms with Crippen molar-refractivity contribution in [1.82, 2.24) is 20.4 Å². The van der Waals surface area contributed by atoms with Gasteiger partial charge in [-0.15, -0.1) is 0 Å². The smallest absolute Gasteiger partial charge is 0.405 e. The molecule has 0 aromatic carbocycles. The molecule has 38 heavy (non-hydrogen) atoms. The monoisotopic (exact) mass is 529 g/mol. The van der Waals surface area contributed by atoms with Gasteiger partial charge in [0, 0.05) is 18.7 Å². The highest BCUT2D eigenvalue weighted by atomic mass is 16.6. The Hall–Kier alpha value is -3.04. The van der Waals surface area contributed by atoms with Crippen LogP contribution in [0.2, 0.25) is 0 Å². The molecule has 0 saturated heterocycles. The topological polar surface area (TPSA) is 138 Å². The molecule has 10 heteroatoms. The van der Waals surface area contributed by atoms with Crippen LogP contribution in [0.5, 0.6) is 5.88 Å². The lowest BCUT2D eigenvalue weighted by molar-refractivity contribution is -0.137. The zero-order chi connectivity index (χ0) is 27.7. The zero-order valence-corrected chi connectivity index (χ0v) is 23.3. The van der Waals surface area contributed by atoms with E-state index in [1.807, 2.05) is 40.7 Å². The zero-order valence-electron chi connectivity index (χ0n) is 23.3. The number of nitrogens with zero attached hydrogens (tertiary/aromatic N) is 2. The van der Waals surface area contributed by atoms with E-state index in [1.54, 1.807) is 10.9 Å². The second kappa shape index (κ2) is 11.0. The minimum atomic E-state index is -0.715. The van der Waals surface area contributed by atoms with E-state index in [0.29, 0.717) is 30.4 Å². The average Bonchev–Trinajstić information content (AvgIpc) is 3.20. The number of carbonyl (C=O) groups excluding carboxylic acids is 3. The highest BCUT2D eigenvalue weighted by Gasteiger charge is 2.57. The Bertz CT molecular complexity index is 1060. The van der Waals surface area contributed by atoms with Gasteiger partial charge in [-0.25, -0.2) is 9.48 Å². The fourth-order valence-corrected chi connectivity index (χ4v) is 6.70. The molecule has 4 aliphatic carbocycles. The van der Waals surface area contributed by atoms with E-state index in [-0.39, 0.29) is 35.6 Å². The summed E-state index contributed by atoms with van der Waals surface area (Å²) in [7, 11) is 0. The highest BCUT2D eigenvalue weighted by Crippen LogP contribution is 2.57. The number of aromatic nitrogens is 2. The van der Waals surface area contributed by atoms with Gasteiger partial charge < -0.3 is 25.8 Å². The van der Waals surface area contributed by atoms with Crippen molar-refractivity contribution >= 4 is 24.1 Å². The molecule has 1 aromatic rings. The lowest BCUT2D eigenvalue weighted by Gasteiger charge is -2.58. The molecule has 0 aliphatic heterocycles. The summed E-state index contributed by atoms with van der Waals surface area (Å²) < 4.78 is 13.2. The van der Waals surface area contributed by atoms with Crippen molar-refractivity contribution < 1.29 is 23.9 Å². The number of primary amides is 1. The maximum absolute atomic E-state index is 13.6. The van der Waals surface area contributed by atoms with Crippen molar-refractivity contribution in [1.29, 1.82) is 0 Å². The van der Waals surface area contributed by atoms with Crippen LogP contribution in [0.3, 0.4) is 0 Å². The van der Waals surface area contributed by atoms with Crippen molar-refractivity contribution in [2.75, 3.05) is 6.61 Å². The van der Waals surface area contributed by atoms with Crippen LogP contribution in [0, 0.1) is 23.7 Å². The molecule has 3 amide bonds. The van der Waals surface area contributed by atoms with Crippen LogP contribution in [0.4, 0.5) is 4.79 Å². The van der Waals surface area contributed by atoms with Crippen LogP contribution in [0.25, 0.3) is 6.20 Å². The van der Waals surface area contributed by atoms with Crippen molar-refractivity contribution in [3.8, 4) is 5.88 Å². The SMILES string of the molecule is CCCC(=O)NC(C)(C)/C=C/n1ncc(C(=O)N[C@H]2C3CC4CC2C[C@](OC(N)=O)(C4)C3)c1OCC(C)C. The van der Waals surface area contributed by atoms with Gasteiger partial charge in [0.05, 0.1) is 18.3 Å². The van der Waals surface area contributed by atoms with Gasteiger partial charge in [-0.3, -0.25) is 9.59 Å². The molecule has 4 aliphatic rings. The Balaban J connectivity index is 1.50. The van der Waals surface area contributed by atoms with Crippen LogP contribution in [0.15, 0.2) is 12.3 Å². The van der Waals surface area contributed by atoms with E-state index in [4.69, 9.17) is 15.2 Å². The first kappa shape index (κ1) is 28.0. The average molecular weight is 530 g/mol. The Kier molecular flexibility index (Phi) is 8.09. The minimum absolute atomic E-state index is 0.00760. The van der Waals surface area contributed by atoms with E-state index < -0.39 is 17.2 Å². The largest absolute Gasteiger partial charge is 0.477 e. The number of carbonyl (C=O) groups is 3. The summed E-state index contributed by atoms with van der Waals surface area (Å²) >= 11 is 0. The molecule has 4 fully saturated rings. The van der Waals surface area contributed by atoms with E-state index in [2.05, 4.69) is 15.7 Å². The van der Waals surface area contributed by atoms with Crippen molar-refractivity contribution in [2.45, 2.75) is 96.7 Å². The molecule has 2 atom stereocenters. The Morgan fingerprint density at radius 1 is 1.24 bits per heavy atom. The number of hydrogen-bond donors (Lipinski definition) is 3. The molecule has 1 aromatic heterocycles. The van der Waals surface area contributed by atoms with E-state index >= 15 is 0 Å². The van der Waals surface area contributed by atoms with E-state index in [0.717, 1.165) is 38.5 Å². The lowest BCUT2D eigenvalue weighted by atomic mass is 9.52. The molecule has 5 rings (SSSR count). The molecule has 10 nitrogen and oxygen atoms in total. The summed E-state index contributed by atoms with van der Waals surface area (Å²) in [6, 6.07) is 0.00760. The predicted octanol–water partition coefficient (Wildman–Crippen LogP) is 3.86. The highest BCUT2D eigenvalue weighted by molar-refractivity contribution is 5.96. The van der Waals surface area contributed by atoms with E-state index in [1.165, 1.54) is 6.20 Å². The Labute approximate surface area is 225 Å². The normalized spacial score (nSPS) is 28.1. The number of rotatable bonds is 11. The van der Waals surface area contributed by atoms with Crippen LogP contribution in [-0.4, -0.2) is 51.5 Å². The maximum Gasteiger partial charge on any atom is 0.405 e. The molecule has 4 bridgehead atoms. The molecule has 4 saturated carbocycles. The van der Waals surface area contributed by atoms with Gasteiger partial charge >= 0.3 is 6.09 Å². The van der Waals surface area contributed by atoms with Crippen LogP contribution in [-0.2, 0) is 9.53 Å². The van der Waals surface area contributed by atoms with E-state index in [9.17, 15) is 14.4 Å². The first-order valence-electron chi connectivity index (χ1n) is 13.9. The Morgan fingerprint density at radius 3 is 2.53 bits per heavy atom. The lowest BCUT2D eigenvalue weighted by Crippen LogP contribution is -2.63. The summed E-state index contributed by atoms with van der Waals surface area (Å²) in [5.74, 6) is 1.38. The third-order valence-corrected chi connectivity index (χ3v) is 7.95. The molecular weight excluding hydrogens is 486 g/mol. The van der Waals surface area contributed by atoms with Crippen molar-refractivity contribution in [2.24, 2.45) is 29.4 Å². The molecule has 0 radical (unpaired) electrons. The summed E-state index contributed by atoms with van der Waals surface area (Å²) in [4.78, 5) is 37.2. The standard InChI is InChI=1S/C28H43N5O5/c1-6-7-22(34)32-27(4,5)8-9-33-25(37-16-17(2)3)21(15-30-33)24(35)31-23-19-10-18-11-20(23)14-28(12-18,13-19)38-26(29)36/h8-9,15,17-20,23H,6-7,10-14,16H2,1-5H3,(H2,29,36)(H,31,35)(H,32,34)/b9-8+/t18?,19?,20?,23-,28-. The summed E-state index contributed by atoms with van der Waals surface area (Å²) in [6.07, 6.45) is 9.98. The summed E-state index contributed by atoms with van der Waals surface area (Å²) in [5.41, 5.74) is 4.68.